The first-order valence-corrected chi connectivity index (χ1v) is 6.67. The van der Waals surface area contributed by atoms with Gasteiger partial charge in [0.05, 0.1) is 17.3 Å². The Morgan fingerprint density at radius 1 is 1.37 bits per heavy atom. The van der Waals surface area contributed by atoms with Gasteiger partial charge in [-0.05, 0) is 40.2 Å². The molecule has 0 saturated carbocycles. The van der Waals surface area contributed by atoms with Gasteiger partial charge in [-0.2, -0.15) is 0 Å². The van der Waals surface area contributed by atoms with E-state index < -0.39 is 0 Å². The zero-order valence-electron chi connectivity index (χ0n) is 10.2. The van der Waals surface area contributed by atoms with Crippen LogP contribution in [-0.2, 0) is 0 Å². The van der Waals surface area contributed by atoms with Crippen molar-refractivity contribution in [2.45, 2.75) is 0 Å². The van der Waals surface area contributed by atoms with Gasteiger partial charge in [0.15, 0.2) is 0 Å². The number of rotatable bonds is 4. The van der Waals surface area contributed by atoms with Gasteiger partial charge in [-0.1, -0.05) is 18.3 Å². The number of ether oxygens (including phenoxy) is 1. The molecule has 3 N–H and O–H groups in total. The van der Waals surface area contributed by atoms with Gasteiger partial charge >= 0.3 is 0 Å². The number of hydrogen-bond acceptors (Lipinski definition) is 4. The summed E-state index contributed by atoms with van der Waals surface area (Å²) < 4.78 is 6.13. The summed E-state index contributed by atoms with van der Waals surface area (Å²) in [5, 5.41) is 3.17. The van der Waals surface area contributed by atoms with Crippen molar-refractivity contribution < 1.29 is 4.74 Å². The molecule has 0 atom stereocenters. The monoisotopic (exact) mass is 337 g/mol. The van der Waals surface area contributed by atoms with Crippen molar-refractivity contribution in [3.05, 3.63) is 46.6 Å². The second-order valence-electron chi connectivity index (χ2n) is 3.75. The van der Waals surface area contributed by atoms with Crippen LogP contribution < -0.4 is 15.8 Å². The molecule has 0 fully saturated rings. The largest absolute Gasteiger partial charge is 0.495 e. The summed E-state index contributed by atoms with van der Waals surface area (Å²) in [7, 11) is 1.62. The highest BCUT2D eigenvalue weighted by Crippen LogP contribution is 2.29. The minimum absolute atomic E-state index is 0.275. The van der Waals surface area contributed by atoms with Crippen LogP contribution in [0.2, 0.25) is 0 Å². The Balaban J connectivity index is 2.26. The zero-order chi connectivity index (χ0) is 13.8. The molecule has 0 saturated heterocycles. The zero-order valence-corrected chi connectivity index (χ0v) is 12.6. The Morgan fingerprint density at radius 2 is 2.16 bits per heavy atom. The van der Waals surface area contributed by atoms with E-state index in [2.05, 4.69) is 26.2 Å². The average Bonchev–Trinajstić information content (AvgIpc) is 2.41. The minimum atomic E-state index is 0.275. The van der Waals surface area contributed by atoms with E-state index in [0.717, 1.165) is 15.9 Å². The molecule has 0 aliphatic rings. The second kappa shape index (κ2) is 5.99. The van der Waals surface area contributed by atoms with Crippen LogP contribution >= 0.6 is 28.1 Å². The first-order chi connectivity index (χ1) is 9.10. The molecule has 0 unspecified atom stereocenters. The first-order valence-electron chi connectivity index (χ1n) is 5.47. The number of nitrogens with zero attached hydrogens (tertiary/aromatic N) is 1. The van der Waals surface area contributed by atoms with Gasteiger partial charge in [-0.25, -0.2) is 4.98 Å². The molecule has 0 aliphatic heterocycles. The molecule has 4 nitrogen and oxygen atoms in total. The summed E-state index contributed by atoms with van der Waals surface area (Å²) >= 11 is 8.31. The highest BCUT2D eigenvalue weighted by atomic mass is 79.9. The molecule has 0 spiro atoms. The molecule has 98 valence electrons. The molecule has 1 aromatic carbocycles. The van der Waals surface area contributed by atoms with Crippen molar-refractivity contribution >= 4 is 44.6 Å². The Morgan fingerprint density at radius 3 is 2.84 bits per heavy atom. The Labute approximate surface area is 125 Å². The predicted molar refractivity (Wildman–Crippen MR) is 84.1 cm³/mol. The van der Waals surface area contributed by atoms with E-state index in [1.54, 1.807) is 13.2 Å². The fourth-order valence-corrected chi connectivity index (χ4v) is 2.05. The Hall–Kier alpha value is -1.66. The van der Waals surface area contributed by atoms with E-state index in [4.69, 9.17) is 22.7 Å². The van der Waals surface area contributed by atoms with E-state index in [9.17, 15) is 0 Å². The molecular formula is C13H12BrN3OS. The highest BCUT2D eigenvalue weighted by Gasteiger charge is 2.04. The van der Waals surface area contributed by atoms with Crippen LogP contribution in [0.25, 0.3) is 0 Å². The maximum absolute atomic E-state index is 5.56. The predicted octanol–water partition coefficient (Wildman–Crippen LogP) is 3.23. The molecular weight excluding hydrogens is 326 g/mol. The molecule has 1 heterocycles. The van der Waals surface area contributed by atoms with Crippen molar-refractivity contribution in [3.63, 3.8) is 0 Å². The lowest BCUT2D eigenvalue weighted by molar-refractivity contribution is 0.412. The van der Waals surface area contributed by atoms with Crippen molar-refractivity contribution in [3.8, 4) is 5.75 Å². The summed E-state index contributed by atoms with van der Waals surface area (Å²) in [6.45, 7) is 0. The summed E-state index contributed by atoms with van der Waals surface area (Å²) in [6, 6.07) is 11.2. The van der Waals surface area contributed by atoms with Crippen LogP contribution in [0.1, 0.15) is 5.69 Å². The van der Waals surface area contributed by atoms with Crippen LogP contribution in [-0.4, -0.2) is 17.1 Å². The van der Waals surface area contributed by atoms with E-state index in [1.807, 2.05) is 30.3 Å². The number of pyridine rings is 1. The Bertz CT molecular complexity index is 619. The Kier molecular flexibility index (Phi) is 4.34. The average molecular weight is 338 g/mol. The van der Waals surface area contributed by atoms with Crippen molar-refractivity contribution in [2.75, 3.05) is 12.4 Å². The third-order valence-corrected chi connectivity index (χ3v) is 3.29. The summed E-state index contributed by atoms with van der Waals surface area (Å²) in [4.78, 5) is 4.59. The van der Waals surface area contributed by atoms with Gasteiger partial charge in [-0.3, -0.25) is 0 Å². The number of hydrogen-bond donors (Lipinski definition) is 2. The second-order valence-corrected chi connectivity index (χ2v) is 5.04. The smallest absolute Gasteiger partial charge is 0.135 e. The van der Waals surface area contributed by atoms with Gasteiger partial charge < -0.3 is 15.8 Å². The quantitative estimate of drug-likeness (QED) is 0.838. The number of methoxy groups -OCH3 is 1. The van der Waals surface area contributed by atoms with Crippen LogP contribution in [0, 0.1) is 0 Å². The maximum Gasteiger partial charge on any atom is 0.135 e. The van der Waals surface area contributed by atoms with Crippen LogP contribution in [0.5, 0.6) is 5.75 Å². The molecule has 1 aromatic heterocycles. The van der Waals surface area contributed by atoms with Gasteiger partial charge in [0.2, 0.25) is 0 Å². The fourth-order valence-electron chi connectivity index (χ4n) is 1.53. The lowest BCUT2D eigenvalue weighted by Crippen LogP contribution is -2.12. The number of halogens is 1. The van der Waals surface area contributed by atoms with Crippen molar-refractivity contribution in [1.82, 2.24) is 4.98 Å². The molecule has 19 heavy (non-hydrogen) atoms. The van der Waals surface area contributed by atoms with E-state index in [1.165, 1.54) is 0 Å². The fraction of sp³-hybridized carbons (Fsp3) is 0.0769. The van der Waals surface area contributed by atoms with Gasteiger partial charge in [0.1, 0.15) is 16.6 Å². The lowest BCUT2D eigenvalue weighted by atomic mass is 10.3. The van der Waals surface area contributed by atoms with E-state index >= 15 is 0 Å². The first kappa shape index (κ1) is 13.8. The number of aromatic nitrogens is 1. The summed E-state index contributed by atoms with van der Waals surface area (Å²) in [6.07, 6.45) is 0. The van der Waals surface area contributed by atoms with Gasteiger partial charge in [0.25, 0.3) is 0 Å². The molecule has 0 aliphatic carbocycles. The number of nitrogens with one attached hydrogen (secondary N) is 1. The number of nitrogens with two attached hydrogens (primary N) is 1. The third kappa shape index (κ3) is 3.42. The standard InChI is InChI=1S/C13H12BrN3OS/c1-18-11-7-8(5-6-9(11)14)16-12-4-2-3-10(17-12)13(15)19/h2-7H,1H3,(H2,15,19)(H,16,17). The molecule has 2 aromatic rings. The van der Waals surface area contributed by atoms with Gasteiger partial charge in [0, 0.05) is 11.8 Å². The molecule has 6 heteroatoms. The maximum atomic E-state index is 5.56. The topological polar surface area (TPSA) is 60.2 Å². The van der Waals surface area contributed by atoms with Crippen LogP contribution in [0.15, 0.2) is 40.9 Å². The molecule has 0 radical (unpaired) electrons. The molecule has 2 rings (SSSR count). The number of anilines is 2. The van der Waals surface area contributed by atoms with E-state index in [-0.39, 0.29) is 4.99 Å². The SMILES string of the molecule is COc1cc(Nc2cccc(C(N)=S)n2)ccc1Br. The highest BCUT2D eigenvalue weighted by molar-refractivity contribution is 9.10. The molecule has 0 bridgehead atoms. The van der Waals surface area contributed by atoms with Crippen LogP contribution in [0.4, 0.5) is 11.5 Å². The van der Waals surface area contributed by atoms with E-state index in [0.29, 0.717) is 11.5 Å². The number of thiocarbonyl (C=S) groups is 1. The summed E-state index contributed by atoms with van der Waals surface area (Å²) in [5.74, 6) is 1.42. The van der Waals surface area contributed by atoms with Crippen molar-refractivity contribution in [2.24, 2.45) is 5.73 Å². The lowest BCUT2D eigenvalue weighted by Gasteiger charge is -2.09. The minimum Gasteiger partial charge on any atom is -0.495 e. The molecule has 0 amide bonds. The van der Waals surface area contributed by atoms with Gasteiger partial charge in [-0.15, -0.1) is 0 Å². The summed E-state index contributed by atoms with van der Waals surface area (Å²) in [5.41, 5.74) is 7.01. The van der Waals surface area contributed by atoms with Crippen molar-refractivity contribution in [1.29, 1.82) is 0 Å². The third-order valence-electron chi connectivity index (χ3n) is 2.43. The number of benzene rings is 1. The normalized spacial score (nSPS) is 10.0. The van der Waals surface area contributed by atoms with Crippen LogP contribution in [0.3, 0.4) is 0 Å².